The van der Waals surface area contributed by atoms with Crippen LogP contribution in [0.4, 0.5) is 5.69 Å². The highest BCUT2D eigenvalue weighted by Gasteiger charge is 2.30. The summed E-state index contributed by atoms with van der Waals surface area (Å²) in [5, 5.41) is 10.6. The zero-order chi connectivity index (χ0) is 17.6. The van der Waals surface area contributed by atoms with Crippen LogP contribution in [0.1, 0.15) is 27.2 Å². The number of ether oxygens (including phenoxy) is 1. The van der Waals surface area contributed by atoms with E-state index in [0.717, 1.165) is 24.3 Å². The number of non-ortho nitro benzene ring substituents is 1. The Morgan fingerprint density at radius 1 is 1.30 bits per heavy atom. The minimum atomic E-state index is -3.99. The van der Waals surface area contributed by atoms with Crippen LogP contribution >= 0.6 is 0 Å². The molecule has 0 fully saturated rings. The van der Waals surface area contributed by atoms with Gasteiger partial charge >= 0.3 is 5.97 Å². The normalized spacial score (nSPS) is 14.0. The number of nitro groups is 1. The molecule has 1 aromatic carbocycles. The van der Waals surface area contributed by atoms with Crippen LogP contribution in [0.2, 0.25) is 0 Å². The second-order valence-corrected chi connectivity index (χ2v) is 6.70. The lowest BCUT2D eigenvalue weighted by Crippen LogP contribution is -2.45. The summed E-state index contributed by atoms with van der Waals surface area (Å²) in [6.07, 6.45) is 0.576. The fraction of sp³-hybridized carbons (Fsp3) is 0.500. The van der Waals surface area contributed by atoms with Crippen LogP contribution in [0.25, 0.3) is 0 Å². The summed E-state index contributed by atoms with van der Waals surface area (Å²) in [6.45, 7) is 5.35. The third kappa shape index (κ3) is 5.00. The summed E-state index contributed by atoms with van der Waals surface area (Å²) in [4.78, 5) is 21.8. The zero-order valence-electron chi connectivity index (χ0n) is 13.2. The van der Waals surface area contributed by atoms with Crippen molar-refractivity contribution in [1.29, 1.82) is 0 Å². The summed E-state index contributed by atoms with van der Waals surface area (Å²) < 4.78 is 32.0. The van der Waals surface area contributed by atoms with Crippen LogP contribution in [-0.4, -0.2) is 32.0 Å². The molecule has 128 valence electrons. The quantitative estimate of drug-likeness (QED) is 0.437. The van der Waals surface area contributed by atoms with Crippen molar-refractivity contribution >= 4 is 21.7 Å². The van der Waals surface area contributed by atoms with Crippen molar-refractivity contribution in [2.75, 3.05) is 6.61 Å². The third-order valence-electron chi connectivity index (χ3n) is 3.39. The fourth-order valence-electron chi connectivity index (χ4n) is 1.85. The molecule has 0 heterocycles. The number of nitrogens with one attached hydrogen (secondary N) is 1. The molecular formula is C14H20N2O6S. The van der Waals surface area contributed by atoms with E-state index < -0.39 is 27.0 Å². The molecule has 0 aromatic heterocycles. The molecule has 8 nitrogen and oxygen atoms in total. The molecule has 1 N–H and O–H groups in total. The van der Waals surface area contributed by atoms with E-state index in [1.165, 1.54) is 0 Å². The number of hydrogen-bond donors (Lipinski definition) is 1. The van der Waals surface area contributed by atoms with Gasteiger partial charge in [0.1, 0.15) is 6.04 Å². The Bertz CT molecular complexity index is 656. The summed E-state index contributed by atoms with van der Waals surface area (Å²) in [7, 11) is -3.99. The molecule has 0 amide bonds. The number of benzene rings is 1. The van der Waals surface area contributed by atoms with Crippen LogP contribution in [0.3, 0.4) is 0 Å². The Balaban J connectivity index is 3.05. The summed E-state index contributed by atoms with van der Waals surface area (Å²) in [5.74, 6) is -0.908. The van der Waals surface area contributed by atoms with Crippen molar-refractivity contribution in [1.82, 2.24) is 4.72 Å². The Morgan fingerprint density at radius 2 is 1.87 bits per heavy atom. The number of carbonyl (C=O) groups excluding carboxylic acids is 1. The van der Waals surface area contributed by atoms with Crippen LogP contribution in [0.5, 0.6) is 0 Å². The molecule has 9 heteroatoms. The van der Waals surface area contributed by atoms with Crippen molar-refractivity contribution in [3.8, 4) is 0 Å². The predicted octanol–water partition coefficient (Wildman–Crippen LogP) is 1.85. The molecule has 1 aromatic rings. The van der Waals surface area contributed by atoms with E-state index >= 15 is 0 Å². The molecule has 0 saturated carbocycles. The van der Waals surface area contributed by atoms with E-state index in [1.807, 2.05) is 6.92 Å². The maximum absolute atomic E-state index is 12.4. The lowest BCUT2D eigenvalue weighted by atomic mass is 10.0. The molecule has 0 spiro atoms. The highest BCUT2D eigenvalue weighted by atomic mass is 32.2. The predicted molar refractivity (Wildman–Crippen MR) is 83.3 cm³/mol. The van der Waals surface area contributed by atoms with Crippen LogP contribution in [0.15, 0.2) is 29.2 Å². The number of nitrogens with zero attached hydrogens (tertiary/aromatic N) is 1. The van der Waals surface area contributed by atoms with Gasteiger partial charge < -0.3 is 4.74 Å². The maximum atomic E-state index is 12.4. The Morgan fingerprint density at radius 3 is 2.30 bits per heavy atom. The second kappa shape index (κ2) is 8.02. The van der Waals surface area contributed by atoms with Crippen molar-refractivity contribution in [3.05, 3.63) is 34.4 Å². The van der Waals surface area contributed by atoms with E-state index in [2.05, 4.69) is 4.72 Å². The largest absolute Gasteiger partial charge is 0.465 e. The van der Waals surface area contributed by atoms with Crippen molar-refractivity contribution < 1.29 is 22.9 Å². The number of nitro benzene ring substituents is 1. The molecule has 0 aliphatic carbocycles. The van der Waals surface area contributed by atoms with Gasteiger partial charge in [-0.25, -0.2) is 8.42 Å². The first-order valence-electron chi connectivity index (χ1n) is 7.16. The summed E-state index contributed by atoms with van der Waals surface area (Å²) >= 11 is 0. The Hall–Kier alpha value is -2.00. The standard InChI is InChI=1S/C14H20N2O6S/c1-4-10(3)13(14(17)22-5-2)15-23(20,21)12-8-6-11(7-9-12)16(18)19/h6-10,13,15H,4-5H2,1-3H3. The first kappa shape index (κ1) is 19.0. The molecule has 2 atom stereocenters. The minimum Gasteiger partial charge on any atom is -0.465 e. The first-order chi connectivity index (χ1) is 10.7. The average molecular weight is 344 g/mol. The van der Waals surface area contributed by atoms with E-state index in [9.17, 15) is 23.3 Å². The van der Waals surface area contributed by atoms with Gasteiger partial charge in [-0.15, -0.1) is 0 Å². The fourth-order valence-corrected chi connectivity index (χ4v) is 3.14. The lowest BCUT2D eigenvalue weighted by Gasteiger charge is -2.22. The van der Waals surface area contributed by atoms with Gasteiger partial charge in [0.25, 0.3) is 5.69 Å². The van der Waals surface area contributed by atoms with E-state index in [1.54, 1.807) is 13.8 Å². The number of esters is 1. The molecule has 1 rings (SSSR count). The number of hydrogen-bond acceptors (Lipinski definition) is 6. The van der Waals surface area contributed by atoms with Gasteiger partial charge in [0, 0.05) is 12.1 Å². The van der Waals surface area contributed by atoms with E-state index in [0.29, 0.717) is 6.42 Å². The third-order valence-corrected chi connectivity index (χ3v) is 4.85. The molecule has 23 heavy (non-hydrogen) atoms. The summed E-state index contributed by atoms with van der Waals surface area (Å²) in [6, 6.07) is 3.42. The number of sulfonamides is 1. The molecule has 0 radical (unpaired) electrons. The zero-order valence-corrected chi connectivity index (χ0v) is 14.0. The average Bonchev–Trinajstić information content (AvgIpc) is 2.52. The lowest BCUT2D eigenvalue weighted by molar-refractivity contribution is -0.384. The maximum Gasteiger partial charge on any atom is 0.324 e. The van der Waals surface area contributed by atoms with Crippen molar-refractivity contribution in [2.45, 2.75) is 38.1 Å². The summed E-state index contributed by atoms with van der Waals surface area (Å²) in [5.41, 5.74) is -0.215. The van der Waals surface area contributed by atoms with Gasteiger partial charge in [0.15, 0.2) is 0 Å². The van der Waals surface area contributed by atoms with Gasteiger partial charge in [-0.1, -0.05) is 20.3 Å². The number of carbonyl (C=O) groups is 1. The van der Waals surface area contributed by atoms with Crippen LogP contribution < -0.4 is 4.72 Å². The first-order valence-corrected chi connectivity index (χ1v) is 8.64. The molecule has 2 unspecified atom stereocenters. The topological polar surface area (TPSA) is 116 Å². The van der Waals surface area contributed by atoms with Crippen molar-refractivity contribution in [3.63, 3.8) is 0 Å². The number of rotatable bonds is 8. The van der Waals surface area contributed by atoms with E-state index in [-0.39, 0.29) is 23.1 Å². The molecular weight excluding hydrogens is 324 g/mol. The van der Waals surface area contributed by atoms with E-state index in [4.69, 9.17) is 4.74 Å². The highest BCUT2D eigenvalue weighted by Crippen LogP contribution is 2.18. The van der Waals surface area contributed by atoms with Gasteiger partial charge in [-0.2, -0.15) is 4.72 Å². The van der Waals surface area contributed by atoms with Gasteiger partial charge in [0.05, 0.1) is 16.4 Å². The van der Waals surface area contributed by atoms with Gasteiger partial charge in [-0.3, -0.25) is 14.9 Å². The minimum absolute atomic E-state index is 0.144. The second-order valence-electron chi connectivity index (χ2n) is 4.99. The van der Waals surface area contributed by atoms with Crippen LogP contribution in [0, 0.1) is 16.0 Å². The van der Waals surface area contributed by atoms with Gasteiger partial charge in [-0.05, 0) is 25.0 Å². The Labute approximate surface area is 135 Å². The highest BCUT2D eigenvalue weighted by molar-refractivity contribution is 7.89. The van der Waals surface area contributed by atoms with Crippen molar-refractivity contribution in [2.24, 2.45) is 5.92 Å². The monoisotopic (exact) mass is 344 g/mol. The SMILES string of the molecule is CCOC(=O)C(NS(=O)(=O)c1ccc([N+](=O)[O-])cc1)C(C)CC. The molecule has 0 bridgehead atoms. The molecule has 0 aliphatic rings. The molecule has 0 aliphatic heterocycles. The Kier molecular flexibility index (Phi) is 6.64. The smallest absolute Gasteiger partial charge is 0.324 e. The molecule has 0 saturated heterocycles. The van der Waals surface area contributed by atoms with Crippen LogP contribution in [-0.2, 0) is 19.6 Å². The van der Waals surface area contributed by atoms with Gasteiger partial charge in [0.2, 0.25) is 10.0 Å².